The topological polar surface area (TPSA) is 47.9 Å². The lowest BCUT2D eigenvalue weighted by atomic mass is 10.3. The third-order valence-electron chi connectivity index (χ3n) is 0.568. The molecule has 0 spiro atoms. The quantitative estimate of drug-likeness (QED) is 0.408. The first-order valence-corrected chi connectivity index (χ1v) is 1.87. The van der Waals surface area contributed by atoms with Gasteiger partial charge in [-0.2, -0.15) is 0 Å². The van der Waals surface area contributed by atoms with Crippen LogP contribution in [0.3, 0.4) is 0 Å². The first-order chi connectivity index (χ1) is 2.81. The smallest absolute Gasteiger partial charge is 0.126 e. The van der Waals surface area contributed by atoms with Gasteiger partial charge in [-0.15, -0.1) is 0 Å². The maximum Gasteiger partial charge on any atom is 0.126 e. The van der Waals surface area contributed by atoms with E-state index in [0.717, 1.165) is 0 Å². The molecule has 1 atom stereocenters. The zero-order valence-corrected chi connectivity index (χ0v) is 3.72. The van der Waals surface area contributed by atoms with E-state index >= 15 is 0 Å². The molecular weight excluding hydrogens is 78.0 g/mol. The summed E-state index contributed by atoms with van der Waals surface area (Å²) in [6.45, 7) is 3.51. The third kappa shape index (κ3) is 1.93. The molecule has 0 rings (SSSR count). The highest BCUT2D eigenvalue weighted by Gasteiger charge is 1.90. The average Bonchev–Trinajstić information content (AvgIpc) is 1.65. The molecule has 6 heavy (non-hydrogen) atoms. The van der Waals surface area contributed by atoms with E-state index in [1.165, 1.54) is 0 Å². The minimum atomic E-state index is 0.00463. The fraction of sp³-hybridized carbons (Fsp3) is 0.500. The summed E-state index contributed by atoms with van der Waals surface area (Å²) >= 11 is 0. The predicted octanol–water partition coefficient (Wildman–Crippen LogP) is -1.22. The molecule has 1 unspecified atom stereocenters. The molecule has 0 bridgehead atoms. The summed E-state index contributed by atoms with van der Waals surface area (Å²) in [7, 11) is 0. The van der Waals surface area contributed by atoms with Crippen molar-refractivity contribution in [1.29, 1.82) is 0 Å². The van der Waals surface area contributed by atoms with Crippen molar-refractivity contribution in [2.45, 2.75) is 6.04 Å². The molecule has 36 valence electrons. The fourth-order valence-corrected chi connectivity index (χ4v) is 0.0745. The van der Waals surface area contributed by atoms with Crippen LogP contribution < -0.4 is 5.73 Å². The Bertz CT molecular complexity index is 44.8. The third-order valence-corrected chi connectivity index (χ3v) is 0.568. The Morgan fingerprint density at radius 3 is 2.50 bits per heavy atom. The maximum atomic E-state index is 8.20. The normalized spacial score (nSPS) is 13.7. The Labute approximate surface area is 37.3 Å². The van der Waals surface area contributed by atoms with E-state index in [1.807, 2.05) is 0 Å². The van der Waals surface area contributed by atoms with Crippen LogP contribution in [0.5, 0.6) is 0 Å². The highest BCUT2D eigenvalue weighted by molar-refractivity contribution is 4.74. The Balaban J connectivity index is 2.96. The highest BCUT2D eigenvalue weighted by atomic mass is 16.3. The second-order valence-corrected chi connectivity index (χ2v) is 1.18. The average molecular weight is 88.1 g/mol. The Kier molecular flexibility index (Phi) is 2.71. The van der Waals surface area contributed by atoms with Gasteiger partial charge >= 0.3 is 0 Å². The van der Waals surface area contributed by atoms with Crippen molar-refractivity contribution in [3.63, 3.8) is 0 Å². The zero-order valence-electron chi connectivity index (χ0n) is 3.72. The summed E-state index contributed by atoms with van der Waals surface area (Å²) in [4.78, 5) is 0. The molecule has 0 saturated carbocycles. The van der Waals surface area contributed by atoms with Crippen LogP contribution >= 0.6 is 0 Å². The second kappa shape index (κ2) is 2.87. The van der Waals surface area contributed by atoms with E-state index in [-0.39, 0.29) is 12.6 Å². The van der Waals surface area contributed by atoms with Gasteiger partial charge in [0.1, 0.15) is 6.04 Å². The number of hydrogen-bond acceptors (Lipinski definition) is 1. The minimum Gasteiger partial charge on any atom is -0.390 e. The first kappa shape index (κ1) is 5.66. The van der Waals surface area contributed by atoms with Gasteiger partial charge in [0.05, 0.1) is 6.61 Å². The maximum absolute atomic E-state index is 8.20. The number of hydrogen-bond donors (Lipinski definition) is 2. The van der Waals surface area contributed by atoms with Crippen LogP contribution in [0.15, 0.2) is 12.7 Å². The van der Waals surface area contributed by atoms with Gasteiger partial charge in [0, 0.05) is 0 Å². The van der Waals surface area contributed by atoms with Crippen molar-refractivity contribution >= 4 is 0 Å². The van der Waals surface area contributed by atoms with Crippen LogP contribution in [0, 0.1) is 0 Å². The van der Waals surface area contributed by atoms with E-state index in [2.05, 4.69) is 12.3 Å². The molecule has 0 aromatic carbocycles. The molecule has 4 N–H and O–H groups in total. The van der Waals surface area contributed by atoms with Gasteiger partial charge in [0.25, 0.3) is 0 Å². The van der Waals surface area contributed by atoms with Gasteiger partial charge in [0.2, 0.25) is 0 Å². The van der Waals surface area contributed by atoms with Crippen molar-refractivity contribution < 1.29 is 10.8 Å². The Morgan fingerprint density at radius 1 is 2.00 bits per heavy atom. The largest absolute Gasteiger partial charge is 0.390 e. The molecule has 2 nitrogen and oxygen atoms in total. The molecule has 0 amide bonds. The van der Waals surface area contributed by atoms with E-state index in [9.17, 15) is 0 Å². The molecule has 0 fully saturated rings. The minimum absolute atomic E-state index is 0.00463. The van der Waals surface area contributed by atoms with E-state index < -0.39 is 0 Å². The van der Waals surface area contributed by atoms with Gasteiger partial charge in [-0.25, -0.2) is 0 Å². The van der Waals surface area contributed by atoms with Crippen molar-refractivity contribution in [1.82, 2.24) is 0 Å². The number of aliphatic hydroxyl groups excluding tert-OH is 1. The van der Waals surface area contributed by atoms with Crippen LogP contribution in [-0.4, -0.2) is 17.8 Å². The van der Waals surface area contributed by atoms with Gasteiger partial charge in [-0.3, -0.25) is 0 Å². The molecule has 0 heterocycles. The zero-order chi connectivity index (χ0) is 4.99. The highest BCUT2D eigenvalue weighted by Crippen LogP contribution is 1.66. The molecule has 2 heteroatoms. The van der Waals surface area contributed by atoms with Crippen LogP contribution in [0.1, 0.15) is 0 Å². The first-order valence-electron chi connectivity index (χ1n) is 1.87. The predicted molar refractivity (Wildman–Crippen MR) is 24.0 cm³/mol. The van der Waals surface area contributed by atoms with Crippen molar-refractivity contribution in [2.75, 3.05) is 6.61 Å². The molecular formula is C4H10NO+. The molecule has 0 radical (unpaired) electrons. The Morgan fingerprint density at radius 2 is 2.50 bits per heavy atom. The summed E-state index contributed by atoms with van der Waals surface area (Å²) in [5, 5.41) is 8.20. The monoisotopic (exact) mass is 88.1 g/mol. The molecule has 0 saturated heterocycles. The lowest BCUT2D eigenvalue weighted by Gasteiger charge is -1.90. The number of aliphatic hydroxyl groups is 1. The van der Waals surface area contributed by atoms with E-state index in [4.69, 9.17) is 5.11 Å². The number of rotatable bonds is 2. The summed E-state index contributed by atoms with van der Waals surface area (Å²) in [5.41, 5.74) is 3.51. The summed E-state index contributed by atoms with van der Waals surface area (Å²) in [6, 6.07) is 0.00463. The summed E-state index contributed by atoms with van der Waals surface area (Å²) < 4.78 is 0. The molecule has 0 aliphatic carbocycles. The SMILES string of the molecule is C=CC([NH3+])CO. The van der Waals surface area contributed by atoms with Crippen LogP contribution in [-0.2, 0) is 0 Å². The second-order valence-electron chi connectivity index (χ2n) is 1.18. The number of quaternary nitrogens is 1. The standard InChI is InChI=1S/C4H9NO/c1-2-4(5)3-6/h2,4,6H,1,3,5H2/p+1. The lowest BCUT2D eigenvalue weighted by Crippen LogP contribution is -2.61. The summed E-state index contributed by atoms with van der Waals surface area (Å²) in [6.07, 6.45) is 1.61. The van der Waals surface area contributed by atoms with Crippen molar-refractivity contribution in [3.8, 4) is 0 Å². The van der Waals surface area contributed by atoms with Gasteiger partial charge < -0.3 is 10.8 Å². The van der Waals surface area contributed by atoms with E-state index in [1.54, 1.807) is 6.08 Å². The lowest BCUT2D eigenvalue weighted by molar-refractivity contribution is -0.408. The van der Waals surface area contributed by atoms with Crippen LogP contribution in [0.25, 0.3) is 0 Å². The van der Waals surface area contributed by atoms with Gasteiger partial charge in [0.15, 0.2) is 0 Å². The molecule has 0 aromatic heterocycles. The Hall–Kier alpha value is -0.340. The summed E-state index contributed by atoms with van der Waals surface area (Å²) in [5.74, 6) is 0. The van der Waals surface area contributed by atoms with E-state index in [0.29, 0.717) is 0 Å². The van der Waals surface area contributed by atoms with Crippen LogP contribution in [0.2, 0.25) is 0 Å². The van der Waals surface area contributed by atoms with Gasteiger partial charge in [-0.1, -0.05) is 6.58 Å². The van der Waals surface area contributed by atoms with Crippen molar-refractivity contribution in [2.24, 2.45) is 0 Å². The molecule has 0 aliphatic heterocycles. The molecule has 0 aliphatic rings. The fourth-order valence-electron chi connectivity index (χ4n) is 0.0745. The van der Waals surface area contributed by atoms with Crippen molar-refractivity contribution in [3.05, 3.63) is 12.7 Å². The van der Waals surface area contributed by atoms with Gasteiger partial charge in [-0.05, 0) is 6.08 Å². The molecule has 0 aromatic rings. The van der Waals surface area contributed by atoms with Crippen LogP contribution in [0.4, 0.5) is 0 Å².